The molecule has 66 valence electrons. The number of ether oxygens (including phenoxy) is 1. The van der Waals surface area contributed by atoms with Crippen molar-refractivity contribution >= 4 is 33.3 Å². The topological polar surface area (TPSA) is 22.1 Å². The molecule has 1 unspecified atom stereocenters. The smallest absolute Gasteiger partial charge is 0.273 e. The summed E-state index contributed by atoms with van der Waals surface area (Å²) >= 11 is 4.96. The third-order valence-electron chi connectivity index (χ3n) is 1.20. The normalized spacial score (nSPS) is 13.6. The highest BCUT2D eigenvalue weighted by molar-refractivity contribution is 9.09. The van der Waals surface area contributed by atoms with Crippen LogP contribution in [0.1, 0.15) is 11.8 Å². The molecular weight excluding hydrogens is 238 g/mol. The van der Waals surface area contributed by atoms with Crippen molar-refractivity contribution in [1.29, 1.82) is 0 Å². The van der Waals surface area contributed by atoms with Crippen molar-refractivity contribution in [2.45, 2.75) is 11.8 Å². The molecule has 12 heavy (non-hydrogen) atoms. The lowest BCUT2D eigenvalue weighted by atomic mass is 10.4. The Morgan fingerprint density at radius 2 is 2.50 bits per heavy atom. The summed E-state index contributed by atoms with van der Waals surface area (Å²) in [5.74, 6) is 0. The maximum Gasteiger partial charge on any atom is 0.273 e. The molecule has 0 bridgehead atoms. The van der Waals surface area contributed by atoms with Gasteiger partial charge in [0.2, 0.25) is 0 Å². The van der Waals surface area contributed by atoms with Gasteiger partial charge in [0, 0.05) is 11.0 Å². The Kier molecular flexibility index (Phi) is 3.75. The summed E-state index contributed by atoms with van der Waals surface area (Å²) in [4.78, 5) is 5.55. The lowest BCUT2D eigenvalue weighted by Crippen LogP contribution is -1.77. The molecule has 1 aromatic heterocycles. The summed E-state index contributed by atoms with van der Waals surface area (Å²) in [6.45, 7) is 2.06. The first-order valence-corrected chi connectivity index (χ1v) is 5.27. The van der Waals surface area contributed by atoms with Crippen LogP contribution >= 0.6 is 27.3 Å². The largest absolute Gasteiger partial charge is 0.473 e. The number of hydrogen-bond acceptors (Lipinski definition) is 3. The summed E-state index contributed by atoms with van der Waals surface area (Å²) in [5, 5.41) is 0.705. The fraction of sp³-hybridized carbons (Fsp3) is 0.375. The van der Waals surface area contributed by atoms with E-state index in [4.69, 9.17) is 4.74 Å². The van der Waals surface area contributed by atoms with E-state index in [2.05, 4.69) is 33.9 Å². The van der Waals surface area contributed by atoms with Gasteiger partial charge in [0.25, 0.3) is 5.19 Å². The van der Waals surface area contributed by atoms with Gasteiger partial charge in [-0.1, -0.05) is 33.3 Å². The summed E-state index contributed by atoms with van der Waals surface area (Å²) < 4.78 is 4.96. The van der Waals surface area contributed by atoms with E-state index in [0.29, 0.717) is 10.0 Å². The maximum absolute atomic E-state index is 4.96. The molecule has 1 rings (SSSR count). The first-order chi connectivity index (χ1) is 5.72. The minimum Gasteiger partial charge on any atom is -0.473 e. The monoisotopic (exact) mass is 247 g/mol. The summed E-state index contributed by atoms with van der Waals surface area (Å²) in [6.07, 6.45) is 5.89. The van der Waals surface area contributed by atoms with E-state index in [1.807, 2.05) is 6.08 Å². The Balaban J connectivity index is 2.63. The van der Waals surface area contributed by atoms with Crippen LogP contribution in [-0.2, 0) is 0 Å². The summed E-state index contributed by atoms with van der Waals surface area (Å²) in [6, 6.07) is 0. The highest BCUT2D eigenvalue weighted by atomic mass is 79.9. The number of rotatable bonds is 3. The number of hydrogen-bond donors (Lipinski definition) is 0. The Bertz CT molecular complexity index is 270. The molecule has 0 radical (unpaired) electrons. The number of methoxy groups -OCH3 is 1. The van der Waals surface area contributed by atoms with E-state index in [9.17, 15) is 0 Å². The van der Waals surface area contributed by atoms with Crippen LogP contribution in [-0.4, -0.2) is 16.9 Å². The molecule has 0 N–H and O–H groups in total. The highest BCUT2D eigenvalue weighted by Gasteiger charge is 1.97. The van der Waals surface area contributed by atoms with Crippen molar-refractivity contribution in [2.24, 2.45) is 0 Å². The maximum atomic E-state index is 4.96. The Labute approximate surface area is 84.4 Å². The second kappa shape index (κ2) is 4.62. The molecule has 1 atom stereocenters. The van der Waals surface area contributed by atoms with Gasteiger partial charge < -0.3 is 4.74 Å². The van der Waals surface area contributed by atoms with Crippen molar-refractivity contribution in [2.75, 3.05) is 7.11 Å². The highest BCUT2D eigenvalue weighted by Crippen LogP contribution is 2.21. The second-order valence-corrected chi connectivity index (χ2v) is 4.74. The molecule has 1 aromatic rings. The van der Waals surface area contributed by atoms with E-state index in [0.717, 1.165) is 4.88 Å². The number of alkyl halides is 1. The quantitative estimate of drug-likeness (QED) is 0.767. The average molecular weight is 248 g/mol. The average Bonchev–Trinajstić information content (AvgIpc) is 2.48. The van der Waals surface area contributed by atoms with Crippen molar-refractivity contribution < 1.29 is 4.74 Å². The minimum absolute atomic E-state index is 0.394. The number of halogens is 1. The van der Waals surface area contributed by atoms with Crippen LogP contribution in [0.25, 0.3) is 6.08 Å². The molecule has 0 spiro atoms. The van der Waals surface area contributed by atoms with Crippen LogP contribution in [0.4, 0.5) is 0 Å². The van der Waals surface area contributed by atoms with E-state index >= 15 is 0 Å². The van der Waals surface area contributed by atoms with Gasteiger partial charge in [-0.05, 0) is 13.0 Å². The van der Waals surface area contributed by atoms with Gasteiger partial charge >= 0.3 is 0 Å². The van der Waals surface area contributed by atoms with E-state index in [-0.39, 0.29) is 0 Å². The molecular formula is C8H10BrNOS. The standard InChI is InChI=1S/C8H10BrNOS/c1-6(9)3-4-7-5-10-8(11-2)12-7/h3-6H,1-2H3/b4-3+. The van der Waals surface area contributed by atoms with Gasteiger partial charge in [0.1, 0.15) is 0 Å². The van der Waals surface area contributed by atoms with E-state index in [1.165, 1.54) is 11.3 Å². The molecule has 0 fully saturated rings. The molecule has 0 saturated carbocycles. The zero-order valence-electron chi connectivity index (χ0n) is 6.95. The van der Waals surface area contributed by atoms with Crippen LogP contribution in [0.2, 0.25) is 0 Å². The lowest BCUT2D eigenvalue weighted by Gasteiger charge is -1.89. The number of nitrogens with zero attached hydrogens (tertiary/aromatic N) is 1. The van der Waals surface area contributed by atoms with Gasteiger partial charge in [-0.25, -0.2) is 4.98 Å². The van der Waals surface area contributed by atoms with Crippen LogP contribution in [0.3, 0.4) is 0 Å². The Morgan fingerprint density at radius 1 is 1.75 bits per heavy atom. The zero-order chi connectivity index (χ0) is 8.97. The molecule has 1 heterocycles. The van der Waals surface area contributed by atoms with Crippen molar-refractivity contribution in [3.8, 4) is 5.19 Å². The van der Waals surface area contributed by atoms with Gasteiger partial charge in [-0.3, -0.25) is 0 Å². The SMILES string of the molecule is COc1ncc(/C=C/C(C)Br)s1. The molecule has 0 amide bonds. The predicted molar refractivity (Wildman–Crippen MR) is 56.1 cm³/mol. The third kappa shape index (κ3) is 2.95. The molecule has 0 saturated heterocycles. The molecule has 4 heteroatoms. The summed E-state index contributed by atoms with van der Waals surface area (Å²) in [7, 11) is 1.62. The zero-order valence-corrected chi connectivity index (χ0v) is 9.35. The molecule has 0 aromatic carbocycles. The van der Waals surface area contributed by atoms with Crippen LogP contribution in [0.5, 0.6) is 5.19 Å². The van der Waals surface area contributed by atoms with Crippen molar-refractivity contribution in [3.05, 3.63) is 17.2 Å². The Morgan fingerprint density at radius 3 is 3.00 bits per heavy atom. The molecule has 0 aliphatic rings. The molecule has 0 aliphatic heterocycles. The molecule has 2 nitrogen and oxygen atoms in total. The lowest BCUT2D eigenvalue weighted by molar-refractivity contribution is 0.412. The predicted octanol–water partition coefficient (Wildman–Crippen LogP) is 2.95. The van der Waals surface area contributed by atoms with E-state index < -0.39 is 0 Å². The van der Waals surface area contributed by atoms with Gasteiger partial charge in [-0.15, -0.1) is 0 Å². The van der Waals surface area contributed by atoms with Gasteiger partial charge in [0.15, 0.2) is 0 Å². The van der Waals surface area contributed by atoms with Gasteiger partial charge in [-0.2, -0.15) is 0 Å². The fourth-order valence-corrected chi connectivity index (χ4v) is 1.46. The first kappa shape index (κ1) is 9.74. The van der Waals surface area contributed by atoms with E-state index in [1.54, 1.807) is 13.3 Å². The number of thiazole rings is 1. The minimum atomic E-state index is 0.394. The van der Waals surface area contributed by atoms with Crippen LogP contribution in [0.15, 0.2) is 12.3 Å². The number of allylic oxidation sites excluding steroid dienone is 1. The number of aromatic nitrogens is 1. The molecule has 0 aliphatic carbocycles. The van der Waals surface area contributed by atoms with Crippen LogP contribution < -0.4 is 4.74 Å². The van der Waals surface area contributed by atoms with Gasteiger partial charge in [0.05, 0.1) is 12.0 Å². The second-order valence-electron chi connectivity index (χ2n) is 2.27. The van der Waals surface area contributed by atoms with Crippen molar-refractivity contribution in [1.82, 2.24) is 4.98 Å². The van der Waals surface area contributed by atoms with Crippen LogP contribution in [0, 0.1) is 0 Å². The van der Waals surface area contributed by atoms with Crippen molar-refractivity contribution in [3.63, 3.8) is 0 Å². The Hall–Kier alpha value is -0.350. The summed E-state index contributed by atoms with van der Waals surface area (Å²) in [5.41, 5.74) is 0. The third-order valence-corrected chi connectivity index (χ3v) is 2.43. The first-order valence-electron chi connectivity index (χ1n) is 3.54. The fourth-order valence-electron chi connectivity index (χ4n) is 0.669.